The van der Waals surface area contributed by atoms with Gasteiger partial charge in [-0.25, -0.2) is 0 Å². The van der Waals surface area contributed by atoms with Crippen molar-refractivity contribution in [1.82, 2.24) is 0 Å². The fourth-order valence-electron chi connectivity index (χ4n) is 2.75. The van der Waals surface area contributed by atoms with E-state index in [1.807, 2.05) is 0 Å². The maximum absolute atomic E-state index is 10.0. The number of rotatable bonds is 8. The molecule has 0 amide bonds. The highest BCUT2D eigenvalue weighted by molar-refractivity contribution is 5.42. The van der Waals surface area contributed by atoms with Crippen LogP contribution in [0.5, 0.6) is 5.75 Å². The zero-order valence-corrected chi connectivity index (χ0v) is 15.6. The highest BCUT2D eigenvalue weighted by Gasteiger charge is 2.23. The van der Waals surface area contributed by atoms with Crippen LogP contribution >= 0.6 is 0 Å². The van der Waals surface area contributed by atoms with E-state index >= 15 is 0 Å². The first-order chi connectivity index (χ1) is 10.7. The van der Waals surface area contributed by atoms with Gasteiger partial charge in [0, 0.05) is 0 Å². The normalized spacial score (nSPS) is 16.0. The molecule has 0 saturated heterocycles. The molecule has 0 aliphatic carbocycles. The third-order valence-corrected chi connectivity index (χ3v) is 4.32. The summed E-state index contributed by atoms with van der Waals surface area (Å²) in [6, 6.07) is 6.38. The summed E-state index contributed by atoms with van der Waals surface area (Å²) >= 11 is 0. The lowest BCUT2D eigenvalue weighted by atomic mass is 9.82. The van der Waals surface area contributed by atoms with E-state index in [4.69, 9.17) is 4.74 Å². The highest BCUT2D eigenvalue weighted by atomic mass is 16.5. The zero-order valence-electron chi connectivity index (χ0n) is 15.6. The van der Waals surface area contributed by atoms with Crippen LogP contribution < -0.4 is 4.74 Å². The van der Waals surface area contributed by atoms with E-state index < -0.39 is 12.2 Å². The van der Waals surface area contributed by atoms with Crippen LogP contribution in [0.1, 0.15) is 77.8 Å². The van der Waals surface area contributed by atoms with E-state index in [1.54, 1.807) is 6.92 Å². The van der Waals surface area contributed by atoms with Crippen LogP contribution in [0.2, 0.25) is 0 Å². The highest BCUT2D eigenvalue weighted by Crippen LogP contribution is 2.36. The molecule has 0 saturated carbocycles. The average Bonchev–Trinajstić information content (AvgIpc) is 2.49. The Morgan fingerprint density at radius 2 is 1.78 bits per heavy atom. The van der Waals surface area contributed by atoms with Crippen molar-refractivity contribution in [2.24, 2.45) is 0 Å². The Labute approximate surface area is 141 Å². The van der Waals surface area contributed by atoms with Crippen molar-refractivity contribution < 1.29 is 14.9 Å². The maximum Gasteiger partial charge on any atom is 0.123 e. The van der Waals surface area contributed by atoms with Gasteiger partial charge in [-0.05, 0) is 54.7 Å². The second-order valence-corrected chi connectivity index (χ2v) is 7.50. The predicted octanol–water partition coefficient (Wildman–Crippen LogP) is 4.40. The Balaban J connectivity index is 3.11. The molecule has 0 radical (unpaired) electrons. The van der Waals surface area contributed by atoms with Gasteiger partial charge in [-0.2, -0.15) is 0 Å². The van der Waals surface area contributed by atoms with Crippen LogP contribution in [-0.4, -0.2) is 29.0 Å². The van der Waals surface area contributed by atoms with Crippen LogP contribution in [0.4, 0.5) is 0 Å². The van der Waals surface area contributed by atoms with Crippen LogP contribution in [0.15, 0.2) is 18.2 Å². The summed E-state index contributed by atoms with van der Waals surface area (Å²) in [4.78, 5) is 0. The summed E-state index contributed by atoms with van der Waals surface area (Å²) in [5, 5.41) is 19.6. The first-order valence-electron chi connectivity index (χ1n) is 8.84. The molecule has 1 rings (SSSR count). The molecule has 3 atom stereocenters. The van der Waals surface area contributed by atoms with Gasteiger partial charge in [0.15, 0.2) is 0 Å². The van der Waals surface area contributed by atoms with Crippen LogP contribution in [0, 0.1) is 0 Å². The van der Waals surface area contributed by atoms with Crippen molar-refractivity contribution in [1.29, 1.82) is 0 Å². The largest absolute Gasteiger partial charge is 0.493 e. The van der Waals surface area contributed by atoms with Crippen molar-refractivity contribution >= 4 is 0 Å². The minimum Gasteiger partial charge on any atom is -0.493 e. The molecule has 0 spiro atoms. The molecular weight excluding hydrogens is 288 g/mol. The number of benzene rings is 1. The smallest absolute Gasteiger partial charge is 0.123 e. The fourth-order valence-corrected chi connectivity index (χ4v) is 2.75. The molecular formula is C20H34O3. The number of hydrogen-bond donors (Lipinski definition) is 2. The van der Waals surface area contributed by atoms with E-state index in [2.05, 4.69) is 52.8 Å². The molecule has 3 unspecified atom stereocenters. The molecule has 1 aromatic rings. The minimum atomic E-state index is -0.696. The van der Waals surface area contributed by atoms with E-state index in [9.17, 15) is 10.2 Å². The van der Waals surface area contributed by atoms with Crippen molar-refractivity contribution in [2.75, 3.05) is 6.61 Å². The molecule has 1 aromatic carbocycles. The van der Waals surface area contributed by atoms with Crippen molar-refractivity contribution in [3.8, 4) is 5.75 Å². The van der Waals surface area contributed by atoms with Gasteiger partial charge in [0.1, 0.15) is 5.75 Å². The number of aliphatic hydroxyl groups is 2. The van der Waals surface area contributed by atoms with Gasteiger partial charge >= 0.3 is 0 Å². The van der Waals surface area contributed by atoms with E-state index in [0.717, 1.165) is 25.2 Å². The Morgan fingerprint density at radius 3 is 2.26 bits per heavy atom. The van der Waals surface area contributed by atoms with Crippen LogP contribution in [0.25, 0.3) is 0 Å². The quantitative estimate of drug-likeness (QED) is 0.746. The summed E-state index contributed by atoms with van der Waals surface area (Å²) in [5.74, 6) is 1.19. The Bertz CT molecular complexity index is 474. The SMILES string of the molecule is CCCOc1ccc(C(CC)CC(O)C(C)O)cc1C(C)(C)C. The monoisotopic (exact) mass is 322 g/mol. The molecule has 132 valence electrons. The molecule has 0 bridgehead atoms. The van der Waals surface area contributed by atoms with Crippen molar-refractivity contribution in [3.05, 3.63) is 29.3 Å². The summed E-state index contributed by atoms with van der Waals surface area (Å²) in [7, 11) is 0. The maximum atomic E-state index is 10.0. The first-order valence-corrected chi connectivity index (χ1v) is 8.84. The third kappa shape index (κ3) is 5.82. The summed E-state index contributed by atoms with van der Waals surface area (Å²) in [6.45, 7) is 13.2. The summed E-state index contributed by atoms with van der Waals surface area (Å²) in [5.41, 5.74) is 2.41. The van der Waals surface area contributed by atoms with E-state index in [0.29, 0.717) is 6.42 Å². The molecule has 23 heavy (non-hydrogen) atoms. The molecule has 2 N–H and O–H groups in total. The molecule has 0 heterocycles. The second kappa shape index (κ2) is 8.70. The van der Waals surface area contributed by atoms with Gasteiger partial charge in [-0.3, -0.25) is 0 Å². The Hall–Kier alpha value is -1.06. The lowest BCUT2D eigenvalue weighted by Crippen LogP contribution is -2.25. The topological polar surface area (TPSA) is 49.7 Å². The molecule has 0 aromatic heterocycles. The number of ether oxygens (including phenoxy) is 1. The second-order valence-electron chi connectivity index (χ2n) is 7.50. The Kier molecular flexibility index (Phi) is 7.56. The molecule has 0 fully saturated rings. The molecule has 3 nitrogen and oxygen atoms in total. The number of aliphatic hydroxyl groups excluding tert-OH is 2. The first kappa shape index (κ1) is 20.0. The zero-order chi connectivity index (χ0) is 17.6. The van der Waals surface area contributed by atoms with Crippen LogP contribution in [0.3, 0.4) is 0 Å². The lowest BCUT2D eigenvalue weighted by molar-refractivity contribution is 0.0215. The van der Waals surface area contributed by atoms with E-state index in [-0.39, 0.29) is 11.3 Å². The van der Waals surface area contributed by atoms with Crippen molar-refractivity contribution in [3.63, 3.8) is 0 Å². The third-order valence-electron chi connectivity index (χ3n) is 4.32. The van der Waals surface area contributed by atoms with E-state index in [1.165, 1.54) is 11.1 Å². The summed E-state index contributed by atoms with van der Waals surface area (Å²) in [6.07, 6.45) is 1.12. The standard InChI is InChI=1S/C20H34O3/c1-7-11-23-19-10-9-16(12-17(19)20(4,5)6)15(8-2)13-18(22)14(3)21/h9-10,12,14-15,18,21-22H,7-8,11,13H2,1-6H3. The predicted molar refractivity (Wildman–Crippen MR) is 96.3 cm³/mol. The van der Waals surface area contributed by atoms with Gasteiger partial charge in [-0.15, -0.1) is 0 Å². The van der Waals surface area contributed by atoms with Gasteiger partial charge in [0.05, 0.1) is 18.8 Å². The van der Waals surface area contributed by atoms with Crippen LogP contribution in [-0.2, 0) is 5.41 Å². The van der Waals surface area contributed by atoms with Gasteiger partial charge in [-0.1, -0.05) is 46.8 Å². The van der Waals surface area contributed by atoms with Gasteiger partial charge < -0.3 is 14.9 Å². The van der Waals surface area contributed by atoms with Gasteiger partial charge in [0.25, 0.3) is 0 Å². The Morgan fingerprint density at radius 1 is 1.13 bits per heavy atom. The summed E-state index contributed by atoms with van der Waals surface area (Å²) < 4.78 is 5.91. The van der Waals surface area contributed by atoms with Gasteiger partial charge in [0.2, 0.25) is 0 Å². The molecule has 0 aliphatic heterocycles. The average molecular weight is 322 g/mol. The molecule has 0 aliphatic rings. The molecule has 3 heteroatoms. The fraction of sp³-hybridized carbons (Fsp3) is 0.700. The van der Waals surface area contributed by atoms with Crippen molar-refractivity contribution in [2.45, 2.75) is 84.3 Å². The minimum absolute atomic E-state index is 0.000260. The lowest BCUT2D eigenvalue weighted by Gasteiger charge is -2.26. The number of hydrogen-bond acceptors (Lipinski definition) is 3.